The van der Waals surface area contributed by atoms with E-state index in [4.69, 9.17) is 25.6 Å². The van der Waals surface area contributed by atoms with Crippen molar-refractivity contribution < 1.29 is 28.2 Å². The van der Waals surface area contributed by atoms with Crippen molar-refractivity contribution in [3.63, 3.8) is 0 Å². The van der Waals surface area contributed by atoms with Crippen LogP contribution < -0.4 is 10.1 Å². The third kappa shape index (κ3) is 6.66. The van der Waals surface area contributed by atoms with E-state index < -0.39 is 35.1 Å². The fourth-order valence-corrected chi connectivity index (χ4v) is 9.43. The minimum absolute atomic E-state index is 0.198. The van der Waals surface area contributed by atoms with Crippen LogP contribution in [0.1, 0.15) is 76.8 Å². The molecule has 2 aliphatic rings. The summed E-state index contributed by atoms with van der Waals surface area (Å²) in [6.45, 7) is 8.21. The molecule has 1 saturated heterocycles. The lowest BCUT2D eigenvalue weighted by atomic mass is 9.97. The van der Waals surface area contributed by atoms with E-state index in [-0.39, 0.29) is 5.41 Å². The Morgan fingerprint density at radius 2 is 1.94 bits per heavy atom. The van der Waals surface area contributed by atoms with Gasteiger partial charge in [-0.2, -0.15) is 0 Å². The monoisotopic (exact) mass is 532 g/mol. The van der Waals surface area contributed by atoms with E-state index in [1.807, 2.05) is 39.8 Å². The van der Waals surface area contributed by atoms with Crippen LogP contribution in [0.4, 0.5) is 4.79 Å². The summed E-state index contributed by atoms with van der Waals surface area (Å²) >= 11 is 3.95. The minimum atomic E-state index is -3.08. The number of fused-ring (bicyclic) bond motifs is 1. The molecule has 1 amide bonds. The third-order valence-corrected chi connectivity index (χ3v) is 11.5. The molecule has 1 aromatic rings. The summed E-state index contributed by atoms with van der Waals surface area (Å²) < 4.78 is 34.0. The zero-order chi connectivity index (χ0) is 25.1. The van der Waals surface area contributed by atoms with Gasteiger partial charge >= 0.3 is 12.7 Å². The summed E-state index contributed by atoms with van der Waals surface area (Å²) in [6, 6.07) is 5.55. The van der Waals surface area contributed by atoms with Crippen molar-refractivity contribution in [1.29, 1.82) is 0 Å². The summed E-state index contributed by atoms with van der Waals surface area (Å²) in [5.74, 6) is 0.578. The van der Waals surface area contributed by atoms with Crippen molar-refractivity contribution in [2.45, 2.75) is 77.7 Å². The molecule has 0 saturated carbocycles. The lowest BCUT2D eigenvalue weighted by Crippen LogP contribution is -2.44. The number of carbonyl (C=O) groups is 1. The van der Waals surface area contributed by atoms with Gasteiger partial charge in [-0.1, -0.05) is 52.2 Å². The van der Waals surface area contributed by atoms with E-state index in [1.54, 1.807) is 10.1 Å². The van der Waals surface area contributed by atoms with E-state index in [0.29, 0.717) is 37.5 Å². The number of amides is 1. The molecule has 1 fully saturated rings. The molecule has 0 spiro atoms. The maximum Gasteiger partial charge on any atom is 0.408 e. The fraction of sp³-hybridized carbons (Fsp3) is 0.696. The Balaban J connectivity index is 1.96. The Bertz CT molecular complexity index is 915. The molecule has 1 aromatic carbocycles. The number of rotatable bonds is 10. The highest BCUT2D eigenvalue weighted by atomic mass is 32.5. The standard InChI is InChI=1S/C23H37N2O6PS2/c1-6-7-8-9-13-25(32(33)29-15-22(2,3)16-30-32)34(28)20(24-21(26)27)18-12-10-11-17-14-23(4,5)31-19(17)18/h10-12,20,24H,6-9,13-16H2,1-5H3,(H,26,27). The number of unbranched alkanes of at least 4 members (excludes halogenated alkanes) is 3. The van der Waals surface area contributed by atoms with Crippen LogP contribution in [0.15, 0.2) is 18.2 Å². The van der Waals surface area contributed by atoms with Crippen molar-refractivity contribution in [3.8, 4) is 5.75 Å². The summed E-state index contributed by atoms with van der Waals surface area (Å²) in [6.07, 6.45) is 3.21. The van der Waals surface area contributed by atoms with Crippen LogP contribution in [0.5, 0.6) is 5.75 Å². The molecule has 11 heteroatoms. The average Bonchev–Trinajstić information content (AvgIpc) is 3.08. The normalized spacial score (nSPS) is 22.0. The summed E-state index contributed by atoms with van der Waals surface area (Å²) in [5, 5.41) is 11.0. The van der Waals surface area contributed by atoms with Gasteiger partial charge in [-0.05, 0) is 47.8 Å². The highest BCUT2D eigenvalue weighted by Gasteiger charge is 2.48. The van der Waals surface area contributed by atoms with Crippen LogP contribution in [0.3, 0.4) is 0 Å². The molecular weight excluding hydrogens is 495 g/mol. The van der Waals surface area contributed by atoms with Gasteiger partial charge < -0.3 is 23.4 Å². The quantitative estimate of drug-likeness (QED) is 0.231. The second-order valence-corrected chi connectivity index (χ2v) is 15.4. The van der Waals surface area contributed by atoms with Gasteiger partial charge in [-0.15, -0.1) is 0 Å². The SMILES string of the molecule is CCCCCCN([S+]([O-])C(NC(=O)O)c1cccc2c1OC(C)(C)C2)P1(=S)OCC(C)(C)CO1. The lowest BCUT2D eigenvalue weighted by Gasteiger charge is -2.41. The van der Waals surface area contributed by atoms with Crippen molar-refractivity contribution in [1.82, 2.24) is 9.39 Å². The van der Waals surface area contributed by atoms with E-state index in [9.17, 15) is 14.5 Å². The highest BCUT2D eigenvalue weighted by molar-refractivity contribution is 8.13. The Morgan fingerprint density at radius 1 is 1.26 bits per heavy atom. The molecule has 0 radical (unpaired) electrons. The first-order chi connectivity index (χ1) is 15.9. The van der Waals surface area contributed by atoms with E-state index in [1.165, 1.54) is 0 Å². The molecule has 34 heavy (non-hydrogen) atoms. The molecule has 2 atom stereocenters. The predicted molar refractivity (Wildman–Crippen MR) is 138 cm³/mol. The fourth-order valence-electron chi connectivity index (χ4n) is 4.02. The summed E-state index contributed by atoms with van der Waals surface area (Å²) in [4.78, 5) is 11.8. The van der Waals surface area contributed by atoms with Gasteiger partial charge in [0, 0.05) is 11.8 Å². The van der Waals surface area contributed by atoms with Crippen LogP contribution in [0.25, 0.3) is 0 Å². The van der Waals surface area contributed by atoms with Crippen molar-refractivity contribution in [2.75, 3.05) is 19.8 Å². The molecule has 2 aliphatic heterocycles. The van der Waals surface area contributed by atoms with Gasteiger partial charge in [-0.3, -0.25) is 5.32 Å². The topological polar surface area (TPSA) is 103 Å². The highest BCUT2D eigenvalue weighted by Crippen LogP contribution is 2.59. The molecule has 3 rings (SSSR count). The summed E-state index contributed by atoms with van der Waals surface area (Å²) in [5.41, 5.74) is 0.860. The molecule has 2 heterocycles. The van der Waals surface area contributed by atoms with Crippen LogP contribution in [0, 0.1) is 5.41 Å². The van der Waals surface area contributed by atoms with E-state index in [0.717, 1.165) is 31.2 Å². The van der Waals surface area contributed by atoms with Gasteiger partial charge in [0.25, 0.3) is 0 Å². The number of nitrogens with zero attached hydrogens (tertiary/aromatic N) is 1. The second-order valence-electron chi connectivity index (χ2n) is 10.3. The maximum absolute atomic E-state index is 14.1. The van der Waals surface area contributed by atoms with Gasteiger partial charge in [0.05, 0.1) is 36.7 Å². The minimum Gasteiger partial charge on any atom is -0.596 e. The van der Waals surface area contributed by atoms with Crippen molar-refractivity contribution in [2.24, 2.45) is 5.41 Å². The van der Waals surface area contributed by atoms with Gasteiger partial charge in [0.15, 0.2) is 0 Å². The molecule has 2 N–H and O–H groups in total. The largest absolute Gasteiger partial charge is 0.596 e. The van der Waals surface area contributed by atoms with Crippen LogP contribution in [-0.2, 0) is 38.6 Å². The van der Waals surface area contributed by atoms with E-state index >= 15 is 0 Å². The predicted octanol–water partition coefficient (Wildman–Crippen LogP) is 5.51. The van der Waals surface area contributed by atoms with Crippen LogP contribution in [0.2, 0.25) is 0 Å². The van der Waals surface area contributed by atoms with Crippen molar-refractivity contribution in [3.05, 3.63) is 29.3 Å². The molecule has 0 aromatic heterocycles. The first-order valence-electron chi connectivity index (χ1n) is 11.8. The number of hydrogen-bond acceptors (Lipinski definition) is 6. The van der Waals surface area contributed by atoms with Gasteiger partial charge in [0.2, 0.25) is 5.37 Å². The van der Waals surface area contributed by atoms with Gasteiger partial charge in [-0.25, -0.2) is 4.79 Å². The summed E-state index contributed by atoms with van der Waals surface area (Å²) in [7, 11) is 0. The Hall–Kier alpha value is -0.870. The Morgan fingerprint density at radius 3 is 2.56 bits per heavy atom. The smallest absolute Gasteiger partial charge is 0.408 e. The first kappa shape index (κ1) is 27.7. The van der Waals surface area contributed by atoms with Gasteiger partial charge in [0.1, 0.15) is 11.4 Å². The number of ether oxygens (including phenoxy) is 1. The molecule has 0 bridgehead atoms. The number of para-hydroxylation sites is 1. The number of carboxylic acid groups (broad SMARTS) is 1. The second kappa shape index (κ2) is 11.0. The van der Waals surface area contributed by atoms with Crippen molar-refractivity contribution >= 4 is 35.9 Å². The zero-order valence-corrected chi connectivity index (χ0v) is 23.2. The molecule has 8 nitrogen and oxygen atoms in total. The van der Waals surface area contributed by atoms with E-state index in [2.05, 4.69) is 12.2 Å². The average molecular weight is 533 g/mol. The molecule has 192 valence electrons. The zero-order valence-electron chi connectivity index (χ0n) is 20.7. The van der Waals surface area contributed by atoms with Crippen LogP contribution in [-0.4, -0.2) is 45.2 Å². The Kier molecular flexibility index (Phi) is 8.99. The number of nitrogens with one attached hydrogen (secondary N) is 1. The molecule has 2 unspecified atom stereocenters. The molecular formula is C23H37N2O6PS2. The number of benzene rings is 1. The Labute approximate surface area is 211 Å². The number of hydrogen-bond donors (Lipinski definition) is 2. The first-order valence-corrected chi connectivity index (χ1v) is 15.5. The lowest BCUT2D eigenvalue weighted by molar-refractivity contribution is 0.0496. The maximum atomic E-state index is 14.1. The van der Waals surface area contributed by atoms with Crippen LogP contribution >= 0.6 is 6.64 Å². The molecule has 0 aliphatic carbocycles. The third-order valence-electron chi connectivity index (χ3n) is 5.78.